The third-order valence-corrected chi connectivity index (χ3v) is 8.31. The van der Waals surface area contributed by atoms with Crippen LogP contribution in [0.1, 0.15) is 122 Å². The summed E-state index contributed by atoms with van der Waals surface area (Å²) in [6, 6.07) is 5.57. The summed E-state index contributed by atoms with van der Waals surface area (Å²) < 4.78 is 20.1. The van der Waals surface area contributed by atoms with Gasteiger partial charge < -0.3 is 4.74 Å². The number of hydrogen-bond donors (Lipinski definition) is 0. The minimum Gasteiger partial charge on any atom is -0.491 e. The zero-order valence-electron chi connectivity index (χ0n) is 21.6. The van der Waals surface area contributed by atoms with Crippen molar-refractivity contribution in [1.82, 2.24) is 0 Å². The second-order valence-corrected chi connectivity index (χ2v) is 10.8. The van der Waals surface area contributed by atoms with Crippen molar-refractivity contribution < 1.29 is 9.13 Å². The van der Waals surface area contributed by atoms with Crippen molar-refractivity contribution in [3.05, 3.63) is 41.2 Å². The van der Waals surface area contributed by atoms with Gasteiger partial charge in [0.25, 0.3) is 0 Å². The molecule has 0 radical (unpaired) electrons. The van der Waals surface area contributed by atoms with Gasteiger partial charge in [0, 0.05) is 0 Å². The lowest BCUT2D eigenvalue weighted by Gasteiger charge is -2.35. The minimum atomic E-state index is -0.203. The van der Waals surface area contributed by atoms with E-state index in [4.69, 9.17) is 4.74 Å². The summed E-state index contributed by atoms with van der Waals surface area (Å²) in [5, 5.41) is 0. The molecule has 0 bridgehead atoms. The van der Waals surface area contributed by atoms with E-state index in [0.717, 1.165) is 49.0 Å². The molecule has 0 spiro atoms. The van der Waals surface area contributed by atoms with E-state index in [1.807, 2.05) is 6.07 Å². The first-order valence-electron chi connectivity index (χ1n) is 14.3. The molecule has 33 heavy (non-hydrogen) atoms. The summed E-state index contributed by atoms with van der Waals surface area (Å²) in [7, 11) is 0. The van der Waals surface area contributed by atoms with Crippen molar-refractivity contribution in [2.45, 2.75) is 123 Å². The van der Waals surface area contributed by atoms with Gasteiger partial charge in [0.15, 0.2) is 11.6 Å². The van der Waals surface area contributed by atoms with Gasteiger partial charge in [-0.15, -0.1) is 0 Å². The van der Waals surface area contributed by atoms with Gasteiger partial charge in [-0.1, -0.05) is 89.4 Å². The van der Waals surface area contributed by atoms with Gasteiger partial charge in [-0.25, -0.2) is 4.39 Å². The number of unbranched alkanes of at least 4 members (excludes halogenated alkanes) is 5. The van der Waals surface area contributed by atoms with E-state index in [1.165, 1.54) is 83.5 Å². The highest BCUT2D eigenvalue weighted by molar-refractivity contribution is 5.30. The fraction of sp³-hybridized carbons (Fsp3) is 0.742. The number of allylic oxidation sites excluding steroid dienone is 2. The maximum atomic E-state index is 14.4. The van der Waals surface area contributed by atoms with E-state index in [9.17, 15) is 4.39 Å². The first-order valence-corrected chi connectivity index (χ1v) is 14.3. The molecule has 0 N–H and O–H groups in total. The summed E-state index contributed by atoms with van der Waals surface area (Å²) in [5.74, 6) is 3.10. The van der Waals surface area contributed by atoms with Crippen LogP contribution in [0.3, 0.4) is 0 Å². The molecule has 0 aromatic heterocycles. The lowest BCUT2D eigenvalue weighted by molar-refractivity contribution is 0.185. The standard InChI is InChI=1S/C31H49FO/c1-3-5-7-9-23-33-31-22-17-27(24-30(31)32)12-11-26-15-20-29(21-16-26)28-18-13-25(14-19-28)10-8-6-4-2/h15,17,22,24-25,28-29H,3-14,16,18-21,23H2,1-2H3/t25-,28-,29?. The van der Waals surface area contributed by atoms with Crippen LogP contribution in [0, 0.1) is 23.6 Å². The second-order valence-electron chi connectivity index (χ2n) is 10.8. The lowest BCUT2D eigenvalue weighted by atomic mass is 9.70. The Morgan fingerprint density at radius 1 is 0.848 bits per heavy atom. The number of halogens is 1. The molecule has 2 aliphatic carbocycles. The van der Waals surface area contributed by atoms with Crippen LogP contribution in [-0.4, -0.2) is 6.61 Å². The van der Waals surface area contributed by atoms with Crippen LogP contribution in [0.15, 0.2) is 29.8 Å². The summed E-state index contributed by atoms with van der Waals surface area (Å²) in [6.45, 7) is 5.12. The highest BCUT2D eigenvalue weighted by Gasteiger charge is 2.28. The predicted octanol–water partition coefficient (Wildman–Crippen LogP) is 9.83. The van der Waals surface area contributed by atoms with Crippen molar-refractivity contribution in [1.29, 1.82) is 0 Å². The fourth-order valence-electron chi connectivity index (χ4n) is 6.03. The molecule has 1 nitrogen and oxygen atoms in total. The molecule has 1 saturated carbocycles. The van der Waals surface area contributed by atoms with Gasteiger partial charge in [-0.2, -0.15) is 0 Å². The van der Waals surface area contributed by atoms with Crippen LogP contribution in [-0.2, 0) is 6.42 Å². The molecule has 1 aromatic rings. The van der Waals surface area contributed by atoms with E-state index in [-0.39, 0.29) is 5.82 Å². The number of hydrogen-bond acceptors (Lipinski definition) is 1. The van der Waals surface area contributed by atoms with Crippen LogP contribution in [0.5, 0.6) is 5.75 Å². The monoisotopic (exact) mass is 456 g/mol. The van der Waals surface area contributed by atoms with Crippen molar-refractivity contribution in [2.24, 2.45) is 17.8 Å². The van der Waals surface area contributed by atoms with Crippen molar-refractivity contribution >= 4 is 0 Å². The van der Waals surface area contributed by atoms with Crippen molar-refractivity contribution in [3.63, 3.8) is 0 Å². The average Bonchev–Trinajstić information content (AvgIpc) is 2.85. The van der Waals surface area contributed by atoms with E-state index in [1.54, 1.807) is 11.6 Å². The Morgan fingerprint density at radius 2 is 1.64 bits per heavy atom. The minimum absolute atomic E-state index is 0.203. The van der Waals surface area contributed by atoms with Crippen molar-refractivity contribution in [3.8, 4) is 5.75 Å². The van der Waals surface area contributed by atoms with Crippen LogP contribution in [0.25, 0.3) is 0 Å². The van der Waals surface area contributed by atoms with E-state index in [2.05, 4.69) is 26.0 Å². The Morgan fingerprint density at radius 3 is 2.33 bits per heavy atom. The molecular weight excluding hydrogens is 407 g/mol. The molecule has 0 saturated heterocycles. The summed E-state index contributed by atoms with van der Waals surface area (Å²) >= 11 is 0. The molecule has 0 amide bonds. The third-order valence-electron chi connectivity index (χ3n) is 8.31. The van der Waals surface area contributed by atoms with Gasteiger partial charge in [0.05, 0.1) is 6.61 Å². The Kier molecular flexibility index (Phi) is 11.8. The Bertz CT molecular complexity index is 701. The average molecular weight is 457 g/mol. The van der Waals surface area contributed by atoms with E-state index < -0.39 is 0 Å². The maximum Gasteiger partial charge on any atom is 0.165 e. The van der Waals surface area contributed by atoms with Gasteiger partial charge in [0.2, 0.25) is 0 Å². The highest BCUT2D eigenvalue weighted by Crippen LogP contribution is 2.41. The SMILES string of the molecule is CCCCCCOc1ccc(CCC2=CCC([C@H]3CC[C@H](CCCCC)CC3)CC2)cc1F. The number of ether oxygens (including phenoxy) is 1. The van der Waals surface area contributed by atoms with Crippen LogP contribution >= 0.6 is 0 Å². The molecule has 1 unspecified atom stereocenters. The zero-order valence-corrected chi connectivity index (χ0v) is 21.6. The Hall–Kier alpha value is -1.31. The molecule has 0 heterocycles. The topological polar surface area (TPSA) is 9.23 Å². The fourth-order valence-corrected chi connectivity index (χ4v) is 6.03. The zero-order chi connectivity index (χ0) is 23.3. The normalized spacial score (nSPS) is 23.4. The van der Waals surface area contributed by atoms with Gasteiger partial charge in [-0.05, 0) is 86.8 Å². The quantitative estimate of drug-likeness (QED) is 0.200. The van der Waals surface area contributed by atoms with Gasteiger partial charge in [0.1, 0.15) is 0 Å². The van der Waals surface area contributed by atoms with Gasteiger partial charge >= 0.3 is 0 Å². The molecular formula is C31H49FO. The largest absolute Gasteiger partial charge is 0.491 e. The lowest BCUT2D eigenvalue weighted by Crippen LogP contribution is -2.23. The smallest absolute Gasteiger partial charge is 0.165 e. The summed E-state index contributed by atoms with van der Waals surface area (Å²) in [6.07, 6.45) is 24.6. The van der Waals surface area contributed by atoms with E-state index >= 15 is 0 Å². The summed E-state index contributed by atoms with van der Waals surface area (Å²) in [5.41, 5.74) is 2.69. The number of benzene rings is 1. The van der Waals surface area contributed by atoms with Crippen LogP contribution in [0.2, 0.25) is 0 Å². The molecule has 0 aliphatic heterocycles. The van der Waals surface area contributed by atoms with Gasteiger partial charge in [-0.3, -0.25) is 0 Å². The first-order chi connectivity index (χ1) is 16.2. The molecule has 3 rings (SSSR count). The Balaban J connectivity index is 1.35. The molecule has 1 atom stereocenters. The molecule has 2 aliphatic rings. The highest BCUT2D eigenvalue weighted by atomic mass is 19.1. The second kappa shape index (κ2) is 14.8. The number of aryl methyl sites for hydroxylation is 1. The molecule has 1 aromatic carbocycles. The predicted molar refractivity (Wildman–Crippen MR) is 139 cm³/mol. The molecule has 186 valence electrons. The molecule has 2 heteroatoms. The third kappa shape index (κ3) is 9.10. The summed E-state index contributed by atoms with van der Waals surface area (Å²) in [4.78, 5) is 0. The van der Waals surface area contributed by atoms with E-state index in [0.29, 0.717) is 12.4 Å². The number of rotatable bonds is 14. The Labute approximate surface area is 203 Å². The molecule has 1 fully saturated rings. The van der Waals surface area contributed by atoms with Crippen LogP contribution < -0.4 is 4.74 Å². The van der Waals surface area contributed by atoms with Crippen LogP contribution in [0.4, 0.5) is 4.39 Å². The first kappa shape index (κ1) is 26.3. The maximum absolute atomic E-state index is 14.4. The van der Waals surface area contributed by atoms with Crippen molar-refractivity contribution in [2.75, 3.05) is 6.61 Å².